The highest BCUT2D eigenvalue weighted by atomic mass is 16.6. The monoisotopic (exact) mass is 464 g/mol. The van der Waals surface area contributed by atoms with E-state index >= 15 is 0 Å². The highest BCUT2D eigenvalue weighted by Gasteiger charge is 2.23. The molecule has 0 fully saturated rings. The summed E-state index contributed by atoms with van der Waals surface area (Å²) >= 11 is 0. The van der Waals surface area contributed by atoms with Gasteiger partial charge in [-0.15, -0.1) is 0 Å². The largest absolute Gasteiger partial charge is 0.486 e. The minimum Gasteiger partial charge on any atom is -0.486 e. The van der Waals surface area contributed by atoms with E-state index in [-0.39, 0.29) is 5.56 Å². The van der Waals surface area contributed by atoms with Crippen molar-refractivity contribution in [2.45, 2.75) is 33.2 Å². The Balaban J connectivity index is 0.000000636. The van der Waals surface area contributed by atoms with Crippen LogP contribution in [-0.4, -0.2) is 45.4 Å². The number of ether oxygens (including phenoxy) is 2. The van der Waals surface area contributed by atoms with Crippen LogP contribution in [0.4, 0.5) is 0 Å². The second kappa shape index (κ2) is 9.96. The summed E-state index contributed by atoms with van der Waals surface area (Å²) in [4.78, 5) is 29.9. The number of hydrogen-bond acceptors (Lipinski definition) is 6. The average molecular weight is 465 g/mol. The van der Waals surface area contributed by atoms with Crippen molar-refractivity contribution in [2.75, 3.05) is 19.8 Å². The first-order valence-electron chi connectivity index (χ1n) is 11.3. The molecule has 0 saturated heterocycles. The number of fused-ring (bicyclic) bond motifs is 4. The normalized spacial score (nSPS) is 12.4. The molecular weight excluding hydrogens is 436 g/mol. The van der Waals surface area contributed by atoms with Crippen LogP contribution < -0.4 is 20.8 Å². The van der Waals surface area contributed by atoms with Crippen molar-refractivity contribution < 1.29 is 19.4 Å². The van der Waals surface area contributed by atoms with E-state index in [9.17, 15) is 4.79 Å². The maximum atomic E-state index is 13.1. The van der Waals surface area contributed by atoms with E-state index in [1.165, 1.54) is 0 Å². The summed E-state index contributed by atoms with van der Waals surface area (Å²) < 4.78 is 13.8. The van der Waals surface area contributed by atoms with Crippen LogP contribution in [0.2, 0.25) is 0 Å². The number of carboxylic acid groups (broad SMARTS) is 1. The maximum Gasteiger partial charge on any atom is 0.300 e. The van der Waals surface area contributed by atoms with E-state index < -0.39 is 5.97 Å². The minimum absolute atomic E-state index is 0.212. The van der Waals surface area contributed by atoms with Crippen LogP contribution >= 0.6 is 0 Å². The summed E-state index contributed by atoms with van der Waals surface area (Å²) in [6, 6.07) is 11.8. The van der Waals surface area contributed by atoms with Gasteiger partial charge in [0.1, 0.15) is 24.4 Å². The molecule has 0 amide bonds. The summed E-state index contributed by atoms with van der Waals surface area (Å²) in [7, 11) is 0. The predicted octanol–water partition coefficient (Wildman–Crippen LogP) is 3.32. The number of nitrogens with two attached hydrogens (primary N) is 1. The molecule has 0 radical (unpaired) electrons. The number of H-pyrrole nitrogens is 1. The topological polar surface area (TPSA) is 132 Å². The van der Waals surface area contributed by atoms with Gasteiger partial charge in [-0.25, -0.2) is 4.98 Å². The first kappa shape index (κ1) is 23.3. The lowest BCUT2D eigenvalue weighted by molar-refractivity contribution is -0.134. The fourth-order valence-electron chi connectivity index (χ4n) is 4.32. The van der Waals surface area contributed by atoms with E-state index in [1.807, 2.05) is 30.3 Å². The van der Waals surface area contributed by atoms with E-state index in [0.29, 0.717) is 48.0 Å². The molecule has 2 aromatic carbocycles. The Morgan fingerprint density at radius 3 is 2.68 bits per heavy atom. The molecule has 0 atom stereocenters. The number of aromatic nitrogens is 3. The average Bonchev–Trinajstić information content (AvgIpc) is 3.15. The molecule has 178 valence electrons. The van der Waals surface area contributed by atoms with Crippen molar-refractivity contribution in [1.82, 2.24) is 14.5 Å². The molecule has 1 aliphatic heterocycles. The van der Waals surface area contributed by atoms with Crippen molar-refractivity contribution in [3.63, 3.8) is 0 Å². The van der Waals surface area contributed by atoms with Crippen LogP contribution in [-0.2, 0) is 17.8 Å². The lowest BCUT2D eigenvalue weighted by Crippen LogP contribution is -2.18. The second-order valence-corrected chi connectivity index (χ2v) is 7.91. The third-order valence-electron chi connectivity index (χ3n) is 5.61. The van der Waals surface area contributed by atoms with Crippen molar-refractivity contribution in [3.05, 3.63) is 52.4 Å². The number of nitrogens with one attached hydrogen (secondary N) is 1. The van der Waals surface area contributed by atoms with Gasteiger partial charge in [-0.3, -0.25) is 9.59 Å². The fraction of sp³-hybridized carbons (Fsp3) is 0.320. The molecule has 9 nitrogen and oxygen atoms in total. The van der Waals surface area contributed by atoms with Crippen LogP contribution in [0.1, 0.15) is 26.0 Å². The third-order valence-corrected chi connectivity index (χ3v) is 5.61. The molecule has 0 aliphatic carbocycles. The second-order valence-electron chi connectivity index (χ2n) is 7.91. The molecule has 0 bridgehead atoms. The number of aliphatic carboxylic acids is 1. The van der Waals surface area contributed by atoms with E-state index in [0.717, 1.165) is 48.5 Å². The van der Waals surface area contributed by atoms with Crippen molar-refractivity contribution in [3.8, 4) is 22.8 Å². The van der Waals surface area contributed by atoms with Gasteiger partial charge in [0.05, 0.1) is 5.52 Å². The molecule has 9 heteroatoms. The first-order valence-corrected chi connectivity index (χ1v) is 11.3. The summed E-state index contributed by atoms with van der Waals surface area (Å²) in [5.74, 6) is 0.404. The number of hydrogen-bond donors (Lipinski definition) is 3. The van der Waals surface area contributed by atoms with E-state index in [1.54, 1.807) is 0 Å². The zero-order chi connectivity index (χ0) is 24.2. The molecule has 34 heavy (non-hydrogen) atoms. The highest BCUT2D eigenvalue weighted by molar-refractivity contribution is 5.98. The van der Waals surface area contributed by atoms with Gasteiger partial charge in [-0.2, -0.15) is 0 Å². The maximum absolute atomic E-state index is 13.1. The molecular formula is C25H28N4O5. The summed E-state index contributed by atoms with van der Waals surface area (Å²) in [5.41, 5.74) is 10.3. The number of carboxylic acids is 1. The molecule has 0 saturated carbocycles. The van der Waals surface area contributed by atoms with Crippen LogP contribution in [0.3, 0.4) is 0 Å². The van der Waals surface area contributed by atoms with Gasteiger partial charge in [0, 0.05) is 35.6 Å². The van der Waals surface area contributed by atoms with Gasteiger partial charge in [0.2, 0.25) is 0 Å². The van der Waals surface area contributed by atoms with Gasteiger partial charge in [0.15, 0.2) is 11.5 Å². The quantitative estimate of drug-likeness (QED) is 0.413. The number of benzene rings is 2. The van der Waals surface area contributed by atoms with Crippen molar-refractivity contribution in [1.29, 1.82) is 0 Å². The first-order chi connectivity index (χ1) is 16.5. The summed E-state index contributed by atoms with van der Waals surface area (Å²) in [6.45, 7) is 5.57. The minimum atomic E-state index is -0.833. The van der Waals surface area contributed by atoms with E-state index in [2.05, 4.69) is 22.5 Å². The van der Waals surface area contributed by atoms with Gasteiger partial charge >= 0.3 is 0 Å². The smallest absolute Gasteiger partial charge is 0.300 e. The Morgan fingerprint density at radius 1 is 1.21 bits per heavy atom. The predicted molar refractivity (Wildman–Crippen MR) is 131 cm³/mol. The number of aryl methyl sites for hydroxylation is 1. The zero-order valence-electron chi connectivity index (χ0n) is 19.3. The van der Waals surface area contributed by atoms with Gasteiger partial charge in [-0.1, -0.05) is 25.1 Å². The number of rotatable bonds is 5. The molecule has 5 rings (SSSR count). The molecule has 2 aromatic heterocycles. The number of nitrogens with zero attached hydrogens (tertiary/aromatic N) is 2. The van der Waals surface area contributed by atoms with E-state index in [4.69, 9.17) is 30.1 Å². The fourth-order valence-corrected chi connectivity index (χ4v) is 4.32. The third kappa shape index (κ3) is 4.34. The number of para-hydroxylation sites is 1. The Morgan fingerprint density at radius 2 is 1.94 bits per heavy atom. The Labute approximate surface area is 196 Å². The summed E-state index contributed by atoms with van der Waals surface area (Å²) in [6.07, 6.45) is 1.64. The molecule has 0 unspecified atom stereocenters. The van der Waals surface area contributed by atoms with Crippen LogP contribution in [0.25, 0.3) is 33.2 Å². The van der Waals surface area contributed by atoms with Crippen LogP contribution in [0.15, 0.2) is 41.2 Å². The number of carbonyl (C=O) groups is 1. The SMILES string of the molecule is CC(=O)O.CCc1c(-c2nc3c4c(ccc3[nH]c2=O)OCCO4)c2ccccc2n1CCCN. The van der Waals surface area contributed by atoms with Gasteiger partial charge in [0.25, 0.3) is 11.5 Å². The highest BCUT2D eigenvalue weighted by Crippen LogP contribution is 2.38. The standard InChI is InChI=1S/C23H24N4O3.C2H4O2/c1-2-16-19(14-6-3-4-7-17(14)27(16)11-5-10-24)21-23(28)25-15-8-9-18-22(20(15)26-21)30-13-12-29-18;1-2(3)4/h3-4,6-9H,2,5,10-13,24H2,1H3,(H,25,28);1H3,(H,3,4). The molecule has 0 spiro atoms. The molecule has 4 N–H and O–H groups in total. The molecule has 4 aromatic rings. The molecule has 3 heterocycles. The summed E-state index contributed by atoms with van der Waals surface area (Å²) in [5, 5.41) is 8.44. The lowest BCUT2D eigenvalue weighted by atomic mass is 10.1. The van der Waals surface area contributed by atoms with Crippen LogP contribution in [0, 0.1) is 0 Å². The Hall–Kier alpha value is -3.85. The van der Waals surface area contributed by atoms with Crippen LogP contribution in [0.5, 0.6) is 11.5 Å². The van der Waals surface area contributed by atoms with Gasteiger partial charge < -0.3 is 29.9 Å². The van der Waals surface area contributed by atoms with Crippen molar-refractivity contribution >= 4 is 27.9 Å². The molecule has 1 aliphatic rings. The number of aromatic amines is 1. The Kier molecular flexibility index (Phi) is 6.83. The lowest BCUT2D eigenvalue weighted by Gasteiger charge is -2.19. The zero-order valence-corrected chi connectivity index (χ0v) is 19.3. The van der Waals surface area contributed by atoms with Crippen molar-refractivity contribution in [2.24, 2.45) is 5.73 Å². The van der Waals surface area contributed by atoms with Gasteiger partial charge in [-0.05, 0) is 37.6 Å². The Bertz CT molecular complexity index is 1400.